The van der Waals surface area contributed by atoms with Gasteiger partial charge in [-0.15, -0.1) is 0 Å². The summed E-state index contributed by atoms with van der Waals surface area (Å²) in [5.41, 5.74) is 0.345. The molecule has 6 heteroatoms. The van der Waals surface area contributed by atoms with Crippen LogP contribution >= 0.6 is 0 Å². The van der Waals surface area contributed by atoms with Gasteiger partial charge in [0.15, 0.2) is 0 Å². The minimum Gasteiger partial charge on any atom is -0.478 e. The highest BCUT2D eigenvalue weighted by Gasteiger charge is 2.11. The van der Waals surface area contributed by atoms with Crippen molar-refractivity contribution in [1.82, 2.24) is 0 Å². The van der Waals surface area contributed by atoms with E-state index in [1.54, 1.807) is 6.07 Å². The molecule has 1 amide bonds. The molecule has 104 valence electrons. The zero-order chi connectivity index (χ0) is 15.4. The van der Waals surface area contributed by atoms with Crippen molar-refractivity contribution >= 4 is 17.6 Å². The lowest BCUT2D eigenvalue weighted by Crippen LogP contribution is -2.13. The van der Waals surface area contributed by atoms with Crippen molar-refractivity contribution < 1.29 is 19.1 Å². The second-order valence-electron chi connectivity index (χ2n) is 4.14. The van der Waals surface area contributed by atoms with E-state index in [9.17, 15) is 14.0 Å². The number of carboxylic acids is 1. The van der Waals surface area contributed by atoms with E-state index in [0.29, 0.717) is 0 Å². The van der Waals surface area contributed by atoms with Crippen LogP contribution in [0.5, 0.6) is 0 Å². The van der Waals surface area contributed by atoms with Crippen LogP contribution in [0.1, 0.15) is 26.3 Å². The van der Waals surface area contributed by atoms with Crippen molar-refractivity contribution in [1.29, 1.82) is 5.26 Å². The van der Waals surface area contributed by atoms with Gasteiger partial charge in [-0.2, -0.15) is 5.26 Å². The van der Waals surface area contributed by atoms with Crippen LogP contribution in [0.3, 0.4) is 0 Å². The number of nitriles is 1. The monoisotopic (exact) mass is 284 g/mol. The van der Waals surface area contributed by atoms with E-state index in [2.05, 4.69) is 5.32 Å². The predicted octanol–water partition coefficient (Wildman–Crippen LogP) is 2.65. The van der Waals surface area contributed by atoms with Crippen molar-refractivity contribution in [3.8, 4) is 6.07 Å². The fourth-order valence-corrected chi connectivity index (χ4v) is 1.64. The van der Waals surface area contributed by atoms with Crippen molar-refractivity contribution in [2.75, 3.05) is 5.32 Å². The van der Waals surface area contributed by atoms with E-state index in [-0.39, 0.29) is 22.4 Å². The number of aromatic carboxylic acids is 1. The Morgan fingerprint density at radius 2 is 1.71 bits per heavy atom. The highest BCUT2D eigenvalue weighted by molar-refractivity contribution is 6.04. The summed E-state index contributed by atoms with van der Waals surface area (Å²) < 4.78 is 13.6. The molecule has 2 rings (SSSR count). The third-order valence-corrected chi connectivity index (χ3v) is 2.74. The molecule has 0 bridgehead atoms. The van der Waals surface area contributed by atoms with Crippen LogP contribution in [0.2, 0.25) is 0 Å². The highest BCUT2D eigenvalue weighted by atomic mass is 19.1. The van der Waals surface area contributed by atoms with E-state index in [1.165, 1.54) is 36.4 Å². The Hall–Kier alpha value is -3.20. The first kappa shape index (κ1) is 14.2. The van der Waals surface area contributed by atoms with Gasteiger partial charge in [-0.05, 0) is 42.5 Å². The van der Waals surface area contributed by atoms with E-state index < -0.39 is 17.7 Å². The number of rotatable bonds is 3. The standard InChI is InChI=1S/C15H9FN2O3/c16-12-7-9(8-17)1-6-13(12)18-14(19)10-2-4-11(5-3-10)15(20)21/h1-7H,(H,18,19)(H,20,21). The Morgan fingerprint density at radius 1 is 1.10 bits per heavy atom. The predicted molar refractivity (Wildman–Crippen MR) is 72.5 cm³/mol. The summed E-state index contributed by atoms with van der Waals surface area (Å²) in [7, 11) is 0. The first-order valence-corrected chi connectivity index (χ1v) is 5.85. The average Bonchev–Trinajstić information content (AvgIpc) is 2.49. The molecule has 0 spiro atoms. The number of anilines is 1. The summed E-state index contributed by atoms with van der Waals surface area (Å²) in [6, 6.07) is 10.7. The molecule has 0 fully saturated rings. The minimum absolute atomic E-state index is 0.0519. The van der Waals surface area contributed by atoms with Gasteiger partial charge >= 0.3 is 5.97 Å². The number of hydrogen-bond donors (Lipinski definition) is 2. The molecule has 0 aliphatic heterocycles. The molecular weight excluding hydrogens is 275 g/mol. The van der Waals surface area contributed by atoms with Gasteiger partial charge in [-0.1, -0.05) is 0 Å². The molecule has 0 saturated carbocycles. The molecule has 0 atom stereocenters. The van der Waals surface area contributed by atoms with Crippen LogP contribution in [-0.2, 0) is 0 Å². The first-order chi connectivity index (χ1) is 10.0. The van der Waals surface area contributed by atoms with Gasteiger partial charge in [0, 0.05) is 5.56 Å². The summed E-state index contributed by atoms with van der Waals surface area (Å²) >= 11 is 0. The quantitative estimate of drug-likeness (QED) is 0.906. The Balaban J connectivity index is 2.18. The summed E-state index contributed by atoms with van der Waals surface area (Å²) in [4.78, 5) is 22.6. The van der Waals surface area contributed by atoms with Gasteiger partial charge in [-0.25, -0.2) is 9.18 Å². The van der Waals surface area contributed by atoms with Gasteiger partial charge in [0.2, 0.25) is 0 Å². The minimum atomic E-state index is -1.10. The van der Waals surface area contributed by atoms with Gasteiger partial charge in [0.25, 0.3) is 5.91 Å². The Morgan fingerprint density at radius 3 is 2.24 bits per heavy atom. The largest absolute Gasteiger partial charge is 0.478 e. The number of nitrogens with zero attached hydrogens (tertiary/aromatic N) is 1. The lowest BCUT2D eigenvalue weighted by atomic mass is 10.1. The molecule has 0 heterocycles. The average molecular weight is 284 g/mol. The van der Waals surface area contributed by atoms with E-state index in [4.69, 9.17) is 10.4 Å². The number of carbonyl (C=O) groups is 2. The lowest BCUT2D eigenvalue weighted by molar-refractivity contribution is 0.0696. The number of nitrogens with one attached hydrogen (secondary N) is 1. The Labute approximate surface area is 119 Å². The highest BCUT2D eigenvalue weighted by Crippen LogP contribution is 2.16. The molecule has 0 radical (unpaired) electrons. The summed E-state index contributed by atoms with van der Waals surface area (Å²) in [6.07, 6.45) is 0. The normalized spacial score (nSPS) is 9.71. The second kappa shape index (κ2) is 5.84. The Kier molecular flexibility index (Phi) is 3.95. The Bertz CT molecular complexity index is 749. The molecular formula is C15H9FN2O3. The molecule has 2 N–H and O–H groups in total. The molecule has 0 saturated heterocycles. The second-order valence-corrected chi connectivity index (χ2v) is 4.14. The third-order valence-electron chi connectivity index (χ3n) is 2.74. The van der Waals surface area contributed by atoms with Crippen LogP contribution in [0, 0.1) is 17.1 Å². The number of carbonyl (C=O) groups excluding carboxylic acids is 1. The molecule has 0 aliphatic rings. The van der Waals surface area contributed by atoms with Gasteiger partial charge < -0.3 is 10.4 Å². The maximum Gasteiger partial charge on any atom is 0.335 e. The molecule has 21 heavy (non-hydrogen) atoms. The zero-order valence-corrected chi connectivity index (χ0v) is 10.6. The molecule has 0 aromatic heterocycles. The maximum atomic E-state index is 13.6. The summed E-state index contributed by atoms with van der Waals surface area (Å²) in [5.74, 6) is -2.39. The summed E-state index contributed by atoms with van der Waals surface area (Å²) in [5, 5.41) is 19.7. The summed E-state index contributed by atoms with van der Waals surface area (Å²) in [6.45, 7) is 0. The molecule has 5 nitrogen and oxygen atoms in total. The van der Waals surface area contributed by atoms with Crippen LogP contribution in [-0.4, -0.2) is 17.0 Å². The SMILES string of the molecule is N#Cc1ccc(NC(=O)c2ccc(C(=O)O)cc2)c(F)c1. The fourth-order valence-electron chi connectivity index (χ4n) is 1.64. The van der Waals surface area contributed by atoms with Crippen molar-refractivity contribution in [2.24, 2.45) is 0 Å². The third kappa shape index (κ3) is 3.22. The smallest absolute Gasteiger partial charge is 0.335 e. The van der Waals surface area contributed by atoms with Crippen molar-refractivity contribution in [3.05, 3.63) is 65.0 Å². The van der Waals surface area contributed by atoms with E-state index >= 15 is 0 Å². The zero-order valence-electron chi connectivity index (χ0n) is 10.6. The number of benzene rings is 2. The fraction of sp³-hybridized carbons (Fsp3) is 0. The van der Waals surface area contributed by atoms with Crippen molar-refractivity contribution in [2.45, 2.75) is 0 Å². The molecule has 2 aromatic rings. The van der Waals surface area contributed by atoms with E-state index in [0.717, 1.165) is 6.07 Å². The number of halogens is 1. The van der Waals surface area contributed by atoms with E-state index in [1.807, 2.05) is 0 Å². The number of carboxylic acid groups (broad SMARTS) is 1. The first-order valence-electron chi connectivity index (χ1n) is 5.85. The van der Waals surface area contributed by atoms with Gasteiger partial charge in [0.1, 0.15) is 5.82 Å². The van der Waals surface area contributed by atoms with Crippen LogP contribution < -0.4 is 5.32 Å². The van der Waals surface area contributed by atoms with Gasteiger partial charge in [-0.3, -0.25) is 4.79 Å². The lowest BCUT2D eigenvalue weighted by Gasteiger charge is -2.07. The number of amides is 1. The van der Waals surface area contributed by atoms with Crippen LogP contribution in [0.25, 0.3) is 0 Å². The molecule has 0 aliphatic carbocycles. The number of hydrogen-bond acceptors (Lipinski definition) is 3. The molecule has 2 aromatic carbocycles. The van der Waals surface area contributed by atoms with Crippen LogP contribution in [0.15, 0.2) is 42.5 Å². The van der Waals surface area contributed by atoms with Crippen LogP contribution in [0.4, 0.5) is 10.1 Å². The topological polar surface area (TPSA) is 90.2 Å². The maximum absolute atomic E-state index is 13.6. The molecule has 0 unspecified atom stereocenters. The van der Waals surface area contributed by atoms with Gasteiger partial charge in [0.05, 0.1) is 22.9 Å². The van der Waals surface area contributed by atoms with Crippen molar-refractivity contribution in [3.63, 3.8) is 0 Å².